The van der Waals surface area contributed by atoms with Gasteiger partial charge in [-0.25, -0.2) is 8.78 Å². The first-order valence-corrected chi connectivity index (χ1v) is 6.38. The highest BCUT2D eigenvalue weighted by Crippen LogP contribution is 2.29. The van der Waals surface area contributed by atoms with Crippen molar-refractivity contribution < 1.29 is 8.78 Å². The van der Waals surface area contributed by atoms with Crippen LogP contribution in [0.2, 0.25) is 0 Å². The highest BCUT2D eigenvalue weighted by atomic mass is 19.1. The van der Waals surface area contributed by atoms with Crippen molar-refractivity contribution in [2.75, 3.05) is 25.0 Å². The molecule has 1 fully saturated rings. The Morgan fingerprint density at radius 3 is 2.42 bits per heavy atom. The van der Waals surface area contributed by atoms with Crippen molar-refractivity contribution in [2.45, 2.75) is 19.8 Å². The lowest BCUT2D eigenvalue weighted by molar-refractivity contribution is 0.247. The smallest absolute Gasteiger partial charge is 0.150 e. The second-order valence-electron chi connectivity index (χ2n) is 5.34. The molecule has 0 aliphatic carbocycles. The fourth-order valence-corrected chi connectivity index (χ4v) is 2.32. The van der Waals surface area contributed by atoms with Gasteiger partial charge < -0.3 is 10.6 Å². The first kappa shape index (κ1) is 13.8. The van der Waals surface area contributed by atoms with Gasteiger partial charge in [0, 0.05) is 6.54 Å². The van der Waals surface area contributed by atoms with Crippen molar-refractivity contribution in [1.82, 2.24) is 5.32 Å². The van der Waals surface area contributed by atoms with E-state index in [1.54, 1.807) is 6.07 Å². The predicted molar refractivity (Wildman–Crippen MR) is 69.8 cm³/mol. The Morgan fingerprint density at radius 2 is 1.89 bits per heavy atom. The average molecular weight is 265 g/mol. The van der Waals surface area contributed by atoms with E-state index in [0.717, 1.165) is 38.1 Å². The molecular weight excluding hydrogens is 248 g/mol. The number of benzene rings is 1. The lowest BCUT2D eigenvalue weighted by atomic mass is 9.81. The summed E-state index contributed by atoms with van der Waals surface area (Å²) in [6.45, 7) is 4.49. The maximum atomic E-state index is 13.7. The van der Waals surface area contributed by atoms with Crippen molar-refractivity contribution >= 4 is 5.69 Å². The Balaban J connectivity index is 2.09. The molecule has 3 nitrogen and oxygen atoms in total. The Bertz CT molecular complexity index is 479. The number of hydrogen-bond acceptors (Lipinski definition) is 3. The molecule has 1 aromatic carbocycles. The first-order chi connectivity index (χ1) is 9.04. The number of halogens is 2. The summed E-state index contributed by atoms with van der Waals surface area (Å²) in [5.74, 6) is -1.43. The topological polar surface area (TPSA) is 47.9 Å². The summed E-state index contributed by atoms with van der Waals surface area (Å²) in [4.78, 5) is 0. The Morgan fingerprint density at radius 1 is 1.32 bits per heavy atom. The van der Waals surface area contributed by atoms with Crippen molar-refractivity contribution in [3.05, 3.63) is 29.3 Å². The zero-order valence-corrected chi connectivity index (χ0v) is 10.9. The van der Waals surface area contributed by atoms with E-state index >= 15 is 0 Å². The maximum absolute atomic E-state index is 13.7. The third-order valence-corrected chi connectivity index (χ3v) is 3.67. The normalized spacial score (nSPS) is 17.8. The van der Waals surface area contributed by atoms with Gasteiger partial charge in [-0.3, -0.25) is 0 Å². The van der Waals surface area contributed by atoms with E-state index in [1.165, 1.54) is 0 Å². The van der Waals surface area contributed by atoms with E-state index in [1.807, 2.05) is 0 Å². The van der Waals surface area contributed by atoms with Crippen LogP contribution in [0.1, 0.15) is 25.3 Å². The summed E-state index contributed by atoms with van der Waals surface area (Å²) in [6, 6.07) is 3.84. The molecule has 1 heterocycles. The van der Waals surface area contributed by atoms with E-state index in [-0.39, 0.29) is 16.7 Å². The minimum absolute atomic E-state index is 0.00590. The van der Waals surface area contributed by atoms with Gasteiger partial charge in [-0.15, -0.1) is 0 Å². The molecular formula is C14H17F2N3. The van der Waals surface area contributed by atoms with Gasteiger partial charge in [-0.2, -0.15) is 5.26 Å². The van der Waals surface area contributed by atoms with Gasteiger partial charge in [0.05, 0.1) is 11.6 Å². The van der Waals surface area contributed by atoms with Crippen molar-refractivity contribution in [2.24, 2.45) is 5.41 Å². The molecule has 0 amide bonds. The molecule has 2 rings (SSSR count). The summed E-state index contributed by atoms with van der Waals surface area (Å²) in [6.07, 6.45) is 1.94. The molecule has 1 aromatic rings. The quantitative estimate of drug-likeness (QED) is 0.883. The van der Waals surface area contributed by atoms with E-state index in [9.17, 15) is 8.78 Å². The molecule has 0 spiro atoms. The van der Waals surface area contributed by atoms with Crippen LogP contribution in [0.4, 0.5) is 14.5 Å². The lowest BCUT2D eigenvalue weighted by Gasteiger charge is -2.34. The molecule has 0 atom stereocenters. The minimum Gasteiger partial charge on any atom is -0.380 e. The van der Waals surface area contributed by atoms with Gasteiger partial charge in [0.25, 0.3) is 0 Å². The number of hydrogen-bond donors (Lipinski definition) is 2. The van der Waals surface area contributed by atoms with Crippen LogP contribution in [0, 0.1) is 28.4 Å². The van der Waals surface area contributed by atoms with E-state index in [0.29, 0.717) is 6.54 Å². The number of nitriles is 1. The molecule has 102 valence electrons. The lowest BCUT2D eigenvalue weighted by Crippen LogP contribution is -2.39. The SMILES string of the molecule is CC1(CNc2c(F)cc(C#N)cc2F)CCNCC1. The van der Waals surface area contributed by atoms with Crippen LogP contribution in [-0.2, 0) is 0 Å². The second kappa shape index (κ2) is 5.54. The van der Waals surface area contributed by atoms with E-state index in [2.05, 4.69) is 17.6 Å². The average Bonchev–Trinajstić information content (AvgIpc) is 2.38. The third-order valence-electron chi connectivity index (χ3n) is 3.67. The Labute approximate surface area is 111 Å². The fraction of sp³-hybridized carbons (Fsp3) is 0.500. The zero-order chi connectivity index (χ0) is 13.9. The van der Waals surface area contributed by atoms with Crippen molar-refractivity contribution in [3.8, 4) is 6.07 Å². The molecule has 1 aliphatic rings. The summed E-state index contributed by atoms with van der Waals surface area (Å²) >= 11 is 0. The summed E-state index contributed by atoms with van der Waals surface area (Å²) in [5, 5.41) is 14.8. The molecule has 5 heteroatoms. The van der Waals surface area contributed by atoms with Gasteiger partial charge in [-0.05, 0) is 43.5 Å². The molecule has 1 aliphatic heterocycles. The fourth-order valence-electron chi connectivity index (χ4n) is 2.32. The predicted octanol–water partition coefficient (Wildman–Crippen LogP) is 2.64. The van der Waals surface area contributed by atoms with Crippen molar-refractivity contribution in [1.29, 1.82) is 5.26 Å². The van der Waals surface area contributed by atoms with Crippen LogP contribution in [0.15, 0.2) is 12.1 Å². The summed E-state index contributed by atoms with van der Waals surface area (Å²) in [5.41, 5.74) is -0.106. The minimum atomic E-state index is -0.714. The van der Waals surface area contributed by atoms with Crippen LogP contribution < -0.4 is 10.6 Å². The maximum Gasteiger partial charge on any atom is 0.150 e. The zero-order valence-electron chi connectivity index (χ0n) is 10.9. The number of nitrogens with zero attached hydrogens (tertiary/aromatic N) is 1. The van der Waals surface area contributed by atoms with E-state index in [4.69, 9.17) is 5.26 Å². The molecule has 0 radical (unpaired) electrons. The number of nitrogens with one attached hydrogen (secondary N) is 2. The molecule has 0 saturated carbocycles. The van der Waals surface area contributed by atoms with Crippen LogP contribution in [0.25, 0.3) is 0 Å². The van der Waals surface area contributed by atoms with Crippen molar-refractivity contribution in [3.63, 3.8) is 0 Å². The standard InChI is InChI=1S/C14H17F2N3/c1-14(2-4-18-5-3-14)9-19-13-11(15)6-10(8-17)7-12(13)16/h6-7,18-19H,2-5,9H2,1H3. The molecule has 0 unspecified atom stereocenters. The highest BCUT2D eigenvalue weighted by Gasteiger charge is 2.27. The van der Waals surface area contributed by atoms with Gasteiger partial charge in [0.15, 0.2) is 11.6 Å². The van der Waals surface area contributed by atoms with Gasteiger partial charge in [0.2, 0.25) is 0 Å². The summed E-state index contributed by atoms with van der Waals surface area (Å²) in [7, 11) is 0. The van der Waals surface area contributed by atoms with Gasteiger partial charge >= 0.3 is 0 Å². The largest absolute Gasteiger partial charge is 0.380 e. The second-order valence-corrected chi connectivity index (χ2v) is 5.34. The number of anilines is 1. The molecule has 0 bridgehead atoms. The van der Waals surface area contributed by atoms with Gasteiger partial charge in [0.1, 0.15) is 5.69 Å². The Kier molecular flexibility index (Phi) is 4.01. The highest BCUT2D eigenvalue weighted by molar-refractivity contribution is 5.50. The van der Waals surface area contributed by atoms with Crippen LogP contribution >= 0.6 is 0 Å². The van der Waals surface area contributed by atoms with E-state index < -0.39 is 11.6 Å². The van der Waals surface area contributed by atoms with Crippen LogP contribution in [-0.4, -0.2) is 19.6 Å². The van der Waals surface area contributed by atoms with Gasteiger partial charge in [-0.1, -0.05) is 6.92 Å². The van der Waals surface area contributed by atoms with Crippen LogP contribution in [0.3, 0.4) is 0 Å². The third kappa shape index (κ3) is 3.21. The molecule has 2 N–H and O–H groups in total. The molecule has 19 heavy (non-hydrogen) atoms. The molecule has 0 aromatic heterocycles. The number of piperidine rings is 1. The van der Waals surface area contributed by atoms with Crippen LogP contribution in [0.5, 0.6) is 0 Å². The number of rotatable bonds is 3. The molecule has 1 saturated heterocycles. The Hall–Kier alpha value is -1.67. The first-order valence-electron chi connectivity index (χ1n) is 6.38. The summed E-state index contributed by atoms with van der Waals surface area (Å²) < 4.78 is 27.4. The monoisotopic (exact) mass is 265 g/mol.